The molecule has 0 amide bonds. The number of benzene rings is 1. The SMILES string of the molecule is Cc1ccc2n[c]ccc2c1. The summed E-state index contributed by atoms with van der Waals surface area (Å²) in [7, 11) is 0. The van der Waals surface area contributed by atoms with Crippen LogP contribution >= 0.6 is 0 Å². The van der Waals surface area contributed by atoms with E-state index < -0.39 is 0 Å². The van der Waals surface area contributed by atoms with Crippen LogP contribution in [0.5, 0.6) is 0 Å². The van der Waals surface area contributed by atoms with Gasteiger partial charge >= 0.3 is 0 Å². The number of aromatic nitrogens is 1. The number of hydrogen-bond acceptors (Lipinski definition) is 1. The van der Waals surface area contributed by atoms with Crippen molar-refractivity contribution in [3.8, 4) is 0 Å². The Morgan fingerprint density at radius 3 is 3.09 bits per heavy atom. The van der Waals surface area contributed by atoms with E-state index in [1.807, 2.05) is 18.2 Å². The van der Waals surface area contributed by atoms with Crippen LogP contribution in [0.15, 0.2) is 30.3 Å². The molecule has 0 saturated carbocycles. The minimum Gasteiger partial charge on any atom is -0.246 e. The van der Waals surface area contributed by atoms with Crippen molar-refractivity contribution < 1.29 is 0 Å². The molecule has 0 aliphatic carbocycles. The van der Waals surface area contributed by atoms with Gasteiger partial charge in [0.1, 0.15) is 0 Å². The second-order valence-corrected chi connectivity index (χ2v) is 2.64. The standard InChI is InChI=1S/C10H8N/c1-8-4-5-10-9(7-8)3-2-6-11-10/h2-5,7H,1H3. The first-order valence-corrected chi connectivity index (χ1v) is 3.60. The Kier molecular flexibility index (Phi) is 1.35. The van der Waals surface area contributed by atoms with Gasteiger partial charge in [0.15, 0.2) is 0 Å². The van der Waals surface area contributed by atoms with E-state index in [0.717, 1.165) is 5.52 Å². The van der Waals surface area contributed by atoms with E-state index in [9.17, 15) is 0 Å². The van der Waals surface area contributed by atoms with Crippen molar-refractivity contribution in [1.82, 2.24) is 4.98 Å². The summed E-state index contributed by atoms with van der Waals surface area (Å²) in [5.41, 5.74) is 2.28. The molecule has 53 valence electrons. The second kappa shape index (κ2) is 2.35. The lowest BCUT2D eigenvalue weighted by Crippen LogP contribution is -1.77. The van der Waals surface area contributed by atoms with Crippen molar-refractivity contribution in [2.75, 3.05) is 0 Å². The highest BCUT2D eigenvalue weighted by Gasteiger charge is 1.91. The van der Waals surface area contributed by atoms with E-state index in [1.165, 1.54) is 10.9 Å². The van der Waals surface area contributed by atoms with Crippen molar-refractivity contribution in [3.63, 3.8) is 0 Å². The summed E-state index contributed by atoms with van der Waals surface area (Å²) in [6.07, 6.45) is 2.80. The molecule has 2 aromatic rings. The Morgan fingerprint density at radius 1 is 1.27 bits per heavy atom. The molecule has 0 unspecified atom stereocenters. The van der Waals surface area contributed by atoms with Crippen molar-refractivity contribution in [2.24, 2.45) is 0 Å². The summed E-state index contributed by atoms with van der Waals surface area (Å²) >= 11 is 0. The molecule has 1 aromatic heterocycles. The highest BCUT2D eigenvalue weighted by Crippen LogP contribution is 2.11. The monoisotopic (exact) mass is 142 g/mol. The van der Waals surface area contributed by atoms with Crippen molar-refractivity contribution in [1.29, 1.82) is 0 Å². The van der Waals surface area contributed by atoms with Gasteiger partial charge in [0, 0.05) is 5.39 Å². The normalized spacial score (nSPS) is 10.3. The highest BCUT2D eigenvalue weighted by molar-refractivity contribution is 5.78. The zero-order valence-electron chi connectivity index (χ0n) is 6.33. The van der Waals surface area contributed by atoms with Gasteiger partial charge in [-0.15, -0.1) is 0 Å². The smallest absolute Gasteiger partial charge is 0.0894 e. The molecule has 0 fully saturated rings. The average molecular weight is 142 g/mol. The van der Waals surface area contributed by atoms with Gasteiger partial charge in [-0.3, -0.25) is 0 Å². The lowest BCUT2D eigenvalue weighted by molar-refractivity contribution is 1.38. The predicted molar refractivity (Wildman–Crippen MR) is 45.3 cm³/mol. The summed E-state index contributed by atoms with van der Waals surface area (Å²) in [5.74, 6) is 0. The molecule has 0 atom stereocenters. The van der Waals surface area contributed by atoms with E-state index in [-0.39, 0.29) is 0 Å². The molecule has 1 aromatic carbocycles. The van der Waals surface area contributed by atoms with E-state index >= 15 is 0 Å². The Hall–Kier alpha value is -1.37. The fraction of sp³-hybridized carbons (Fsp3) is 0.100. The second-order valence-electron chi connectivity index (χ2n) is 2.64. The lowest BCUT2D eigenvalue weighted by Gasteiger charge is -1.95. The average Bonchev–Trinajstić information content (AvgIpc) is 2.04. The first-order valence-electron chi connectivity index (χ1n) is 3.60. The molecule has 2 rings (SSSR count). The molecule has 0 N–H and O–H groups in total. The highest BCUT2D eigenvalue weighted by atomic mass is 14.6. The van der Waals surface area contributed by atoms with Crippen molar-refractivity contribution >= 4 is 10.9 Å². The third kappa shape index (κ3) is 1.09. The number of hydrogen-bond donors (Lipinski definition) is 0. The summed E-state index contributed by atoms with van der Waals surface area (Å²) in [5, 5.41) is 1.18. The van der Waals surface area contributed by atoms with Crippen LogP contribution in [0, 0.1) is 13.1 Å². The summed E-state index contributed by atoms with van der Waals surface area (Å²) in [6, 6.07) is 10.1. The minimum atomic E-state index is 1.01. The van der Waals surface area contributed by atoms with Crippen LogP contribution in [-0.4, -0.2) is 4.98 Å². The number of fused-ring (bicyclic) bond motifs is 1. The molecule has 1 radical (unpaired) electrons. The maximum absolute atomic E-state index is 4.10. The Morgan fingerprint density at radius 2 is 2.18 bits per heavy atom. The summed E-state index contributed by atoms with van der Waals surface area (Å²) in [4.78, 5) is 4.10. The van der Waals surface area contributed by atoms with E-state index in [0.29, 0.717) is 0 Å². The van der Waals surface area contributed by atoms with Gasteiger partial charge in [0.25, 0.3) is 0 Å². The van der Waals surface area contributed by atoms with E-state index in [4.69, 9.17) is 0 Å². The molecular weight excluding hydrogens is 134 g/mol. The molecule has 1 nitrogen and oxygen atoms in total. The maximum Gasteiger partial charge on any atom is 0.0894 e. The fourth-order valence-corrected chi connectivity index (χ4v) is 1.14. The van der Waals surface area contributed by atoms with Crippen LogP contribution < -0.4 is 0 Å². The molecule has 11 heavy (non-hydrogen) atoms. The van der Waals surface area contributed by atoms with Crippen LogP contribution in [0.4, 0.5) is 0 Å². The number of nitrogens with zero attached hydrogens (tertiary/aromatic N) is 1. The number of rotatable bonds is 0. The molecule has 1 heteroatoms. The minimum absolute atomic E-state index is 1.01. The lowest BCUT2D eigenvalue weighted by atomic mass is 10.1. The topological polar surface area (TPSA) is 12.9 Å². The van der Waals surface area contributed by atoms with Crippen molar-refractivity contribution in [2.45, 2.75) is 6.92 Å². The Labute approximate surface area is 65.7 Å². The molecule has 0 aliphatic rings. The van der Waals surface area contributed by atoms with Gasteiger partial charge in [-0.05, 0) is 25.1 Å². The third-order valence-corrected chi connectivity index (χ3v) is 1.71. The quantitative estimate of drug-likeness (QED) is 0.550. The van der Waals surface area contributed by atoms with E-state index in [1.54, 1.807) is 0 Å². The zero-order valence-corrected chi connectivity index (χ0v) is 6.33. The zero-order chi connectivity index (χ0) is 7.68. The van der Waals surface area contributed by atoms with Gasteiger partial charge in [-0.1, -0.05) is 17.7 Å². The predicted octanol–water partition coefficient (Wildman–Crippen LogP) is 2.34. The van der Waals surface area contributed by atoms with Crippen LogP contribution in [0.2, 0.25) is 0 Å². The number of pyridine rings is 1. The van der Waals surface area contributed by atoms with Crippen LogP contribution in [0.25, 0.3) is 10.9 Å². The molecule has 0 saturated heterocycles. The van der Waals surface area contributed by atoms with Crippen LogP contribution in [0.3, 0.4) is 0 Å². The Balaban J connectivity index is 2.83. The summed E-state index contributed by atoms with van der Waals surface area (Å²) in [6.45, 7) is 2.08. The molecule has 1 heterocycles. The fourth-order valence-electron chi connectivity index (χ4n) is 1.14. The number of aryl methyl sites for hydroxylation is 1. The third-order valence-electron chi connectivity index (χ3n) is 1.71. The summed E-state index contributed by atoms with van der Waals surface area (Å²) < 4.78 is 0. The maximum atomic E-state index is 4.10. The van der Waals surface area contributed by atoms with Gasteiger partial charge in [0.2, 0.25) is 0 Å². The molecular formula is C10H8N. The molecule has 0 bridgehead atoms. The largest absolute Gasteiger partial charge is 0.246 e. The van der Waals surface area contributed by atoms with Gasteiger partial charge < -0.3 is 0 Å². The van der Waals surface area contributed by atoms with Gasteiger partial charge in [0.05, 0.1) is 11.7 Å². The van der Waals surface area contributed by atoms with E-state index in [2.05, 4.69) is 30.2 Å². The first-order chi connectivity index (χ1) is 5.36. The van der Waals surface area contributed by atoms with Crippen molar-refractivity contribution in [3.05, 3.63) is 42.1 Å². The Bertz CT molecular complexity index is 379. The molecule has 0 aliphatic heterocycles. The van der Waals surface area contributed by atoms with Gasteiger partial charge in [-0.25, -0.2) is 4.98 Å². The molecule has 0 spiro atoms. The first kappa shape index (κ1) is 6.35. The van der Waals surface area contributed by atoms with Gasteiger partial charge in [-0.2, -0.15) is 0 Å². The van der Waals surface area contributed by atoms with Crippen LogP contribution in [0.1, 0.15) is 5.56 Å². The van der Waals surface area contributed by atoms with Crippen LogP contribution in [-0.2, 0) is 0 Å².